The summed E-state index contributed by atoms with van der Waals surface area (Å²) in [5.41, 5.74) is 1.38. The van der Waals surface area contributed by atoms with Crippen LogP contribution in [0.4, 0.5) is 10.1 Å². The Balaban J connectivity index is 1.51. The molecule has 0 bridgehead atoms. The number of hydrogen-bond acceptors (Lipinski definition) is 3. The highest BCUT2D eigenvalue weighted by Gasteiger charge is 2.16. The molecule has 0 saturated carbocycles. The van der Waals surface area contributed by atoms with Crippen LogP contribution in [0, 0.1) is 5.82 Å². The van der Waals surface area contributed by atoms with Crippen LogP contribution in [0.25, 0.3) is 0 Å². The third-order valence-electron chi connectivity index (χ3n) is 4.27. The molecule has 1 amide bonds. The molecule has 1 aromatic heterocycles. The number of hydrogen-bond donors (Lipinski definition) is 1. The molecule has 0 aliphatic carbocycles. The van der Waals surface area contributed by atoms with Gasteiger partial charge in [0.15, 0.2) is 11.6 Å². The minimum Gasteiger partial charge on any atom is -0.455 e. The van der Waals surface area contributed by atoms with E-state index >= 15 is 0 Å². The maximum absolute atomic E-state index is 14.4. The third-order valence-corrected chi connectivity index (χ3v) is 4.27. The van der Waals surface area contributed by atoms with Crippen LogP contribution in [0.15, 0.2) is 91.3 Å². The van der Waals surface area contributed by atoms with E-state index in [1.165, 1.54) is 18.3 Å². The van der Waals surface area contributed by atoms with E-state index in [4.69, 9.17) is 4.74 Å². The zero-order chi connectivity index (χ0) is 20.1. The van der Waals surface area contributed by atoms with Gasteiger partial charge in [-0.05, 0) is 29.8 Å². The quantitative estimate of drug-likeness (QED) is 0.500. The van der Waals surface area contributed by atoms with Crippen molar-refractivity contribution in [3.05, 3.63) is 108 Å². The van der Waals surface area contributed by atoms with E-state index in [1.807, 2.05) is 48.5 Å². The number of nitrogens with one attached hydrogen (secondary N) is 1. The second-order valence-electron chi connectivity index (χ2n) is 6.39. The first-order valence-electron chi connectivity index (χ1n) is 9.08. The summed E-state index contributed by atoms with van der Waals surface area (Å²) in [6.45, 7) is 0.538. The minimum atomic E-state index is -0.580. The zero-order valence-electron chi connectivity index (χ0n) is 15.5. The van der Waals surface area contributed by atoms with Crippen LogP contribution in [-0.4, -0.2) is 15.7 Å². The molecule has 5 nitrogen and oxygen atoms in total. The first-order chi connectivity index (χ1) is 14.2. The Bertz CT molecular complexity index is 1110. The number of nitrogens with zero attached hydrogens (tertiary/aromatic N) is 2. The largest absolute Gasteiger partial charge is 0.455 e. The summed E-state index contributed by atoms with van der Waals surface area (Å²) in [4.78, 5) is 12.7. The molecule has 144 valence electrons. The fourth-order valence-corrected chi connectivity index (χ4v) is 2.85. The van der Waals surface area contributed by atoms with Crippen molar-refractivity contribution in [3.8, 4) is 11.5 Å². The summed E-state index contributed by atoms with van der Waals surface area (Å²) in [6.07, 6.45) is 3.08. The third kappa shape index (κ3) is 4.50. The highest BCUT2D eigenvalue weighted by Crippen LogP contribution is 2.32. The molecule has 0 aliphatic rings. The van der Waals surface area contributed by atoms with E-state index in [9.17, 15) is 9.18 Å². The van der Waals surface area contributed by atoms with Crippen molar-refractivity contribution in [3.63, 3.8) is 0 Å². The predicted molar refractivity (Wildman–Crippen MR) is 109 cm³/mol. The van der Waals surface area contributed by atoms with Gasteiger partial charge in [-0.3, -0.25) is 9.48 Å². The molecule has 0 unspecified atom stereocenters. The number of carbonyl (C=O) groups excluding carboxylic acids is 1. The predicted octanol–water partition coefficient (Wildman–Crippen LogP) is 5.12. The van der Waals surface area contributed by atoms with Crippen molar-refractivity contribution < 1.29 is 13.9 Å². The zero-order valence-corrected chi connectivity index (χ0v) is 15.5. The summed E-state index contributed by atoms with van der Waals surface area (Å²) in [5, 5.41) is 6.82. The number of benzene rings is 3. The molecule has 4 aromatic rings. The second kappa shape index (κ2) is 8.39. The summed E-state index contributed by atoms with van der Waals surface area (Å²) >= 11 is 0. The Labute approximate surface area is 167 Å². The van der Waals surface area contributed by atoms with Gasteiger partial charge in [0.1, 0.15) is 11.4 Å². The number of anilines is 1. The molecule has 4 rings (SSSR count). The lowest BCUT2D eigenvalue weighted by Gasteiger charge is -2.12. The Hall–Kier alpha value is -3.93. The molecule has 0 fully saturated rings. The van der Waals surface area contributed by atoms with Gasteiger partial charge in [0.25, 0.3) is 5.91 Å². The van der Waals surface area contributed by atoms with Crippen LogP contribution in [-0.2, 0) is 6.54 Å². The standard InChI is InChI=1S/C23H18FN3O2/c24-20-12-7-13-21(29-19-10-5-2-6-11-19)22(20)26-23(28)18-14-25-27(16-18)15-17-8-3-1-4-9-17/h1-14,16H,15H2,(H,26,28). The highest BCUT2D eigenvalue weighted by atomic mass is 19.1. The summed E-state index contributed by atoms with van der Waals surface area (Å²) in [5.74, 6) is -0.277. The molecule has 29 heavy (non-hydrogen) atoms. The molecule has 1 N–H and O–H groups in total. The van der Waals surface area contributed by atoms with E-state index in [-0.39, 0.29) is 11.4 Å². The summed E-state index contributed by atoms with van der Waals surface area (Å²) in [6, 6.07) is 23.2. The Morgan fingerprint density at radius 1 is 0.966 bits per heavy atom. The first kappa shape index (κ1) is 18.4. The number of amides is 1. The lowest BCUT2D eigenvalue weighted by atomic mass is 10.2. The lowest BCUT2D eigenvalue weighted by molar-refractivity contribution is 0.102. The number of aromatic nitrogens is 2. The smallest absolute Gasteiger partial charge is 0.259 e. The van der Waals surface area contributed by atoms with Crippen molar-refractivity contribution in [2.45, 2.75) is 6.54 Å². The van der Waals surface area contributed by atoms with Crippen molar-refractivity contribution in [1.82, 2.24) is 9.78 Å². The Kier molecular flexibility index (Phi) is 5.33. The topological polar surface area (TPSA) is 56.1 Å². The van der Waals surface area contributed by atoms with Crippen molar-refractivity contribution in [1.29, 1.82) is 0 Å². The van der Waals surface area contributed by atoms with Crippen molar-refractivity contribution in [2.75, 3.05) is 5.32 Å². The summed E-state index contributed by atoms with van der Waals surface area (Å²) in [7, 11) is 0. The van der Waals surface area contributed by atoms with E-state index in [2.05, 4.69) is 10.4 Å². The van der Waals surface area contributed by atoms with Gasteiger partial charge in [0.05, 0.1) is 18.3 Å². The average molecular weight is 387 g/mol. The van der Waals surface area contributed by atoms with Crippen molar-refractivity contribution in [2.24, 2.45) is 0 Å². The molecule has 3 aromatic carbocycles. The maximum Gasteiger partial charge on any atom is 0.259 e. The van der Waals surface area contributed by atoms with Gasteiger partial charge in [-0.15, -0.1) is 0 Å². The van der Waals surface area contributed by atoms with Gasteiger partial charge in [0, 0.05) is 6.20 Å². The average Bonchev–Trinajstić information content (AvgIpc) is 3.21. The SMILES string of the molecule is O=C(Nc1c(F)cccc1Oc1ccccc1)c1cnn(Cc2ccccc2)c1. The van der Waals surface area contributed by atoms with E-state index in [0.717, 1.165) is 5.56 Å². The minimum absolute atomic E-state index is 0.0165. The number of ether oxygens (including phenoxy) is 1. The fourth-order valence-electron chi connectivity index (χ4n) is 2.85. The number of halogens is 1. The molecule has 0 atom stereocenters. The molecular formula is C23H18FN3O2. The van der Waals surface area contributed by atoms with E-state index in [0.29, 0.717) is 17.9 Å². The number of carbonyl (C=O) groups is 1. The maximum atomic E-state index is 14.4. The van der Waals surface area contributed by atoms with Crippen LogP contribution >= 0.6 is 0 Å². The van der Waals surface area contributed by atoms with Gasteiger partial charge >= 0.3 is 0 Å². The monoisotopic (exact) mass is 387 g/mol. The van der Waals surface area contributed by atoms with Crippen LogP contribution in [0.1, 0.15) is 15.9 Å². The second-order valence-corrected chi connectivity index (χ2v) is 6.39. The summed E-state index contributed by atoms with van der Waals surface area (Å²) < 4.78 is 21.8. The van der Waals surface area contributed by atoms with Gasteiger partial charge < -0.3 is 10.1 Å². The lowest BCUT2D eigenvalue weighted by Crippen LogP contribution is -2.13. The van der Waals surface area contributed by atoms with Crippen LogP contribution in [0.3, 0.4) is 0 Å². The molecule has 0 spiro atoms. The van der Waals surface area contributed by atoms with Gasteiger partial charge in [0.2, 0.25) is 0 Å². The fraction of sp³-hybridized carbons (Fsp3) is 0.0435. The first-order valence-corrected chi connectivity index (χ1v) is 9.08. The molecule has 6 heteroatoms. The van der Waals surface area contributed by atoms with E-state index < -0.39 is 11.7 Å². The highest BCUT2D eigenvalue weighted by molar-refractivity contribution is 6.04. The van der Waals surface area contributed by atoms with Gasteiger partial charge in [-0.1, -0.05) is 54.6 Å². The van der Waals surface area contributed by atoms with Gasteiger partial charge in [-0.25, -0.2) is 4.39 Å². The number of rotatable bonds is 6. The molecule has 0 radical (unpaired) electrons. The normalized spacial score (nSPS) is 10.5. The molecule has 1 heterocycles. The van der Waals surface area contributed by atoms with Crippen molar-refractivity contribution >= 4 is 11.6 Å². The molecule has 0 aliphatic heterocycles. The molecule has 0 saturated heterocycles. The van der Waals surface area contributed by atoms with Crippen LogP contribution in [0.2, 0.25) is 0 Å². The Morgan fingerprint density at radius 2 is 1.69 bits per heavy atom. The Morgan fingerprint density at radius 3 is 2.45 bits per heavy atom. The van der Waals surface area contributed by atoms with Gasteiger partial charge in [-0.2, -0.15) is 5.10 Å². The molecular weight excluding hydrogens is 369 g/mol. The van der Waals surface area contributed by atoms with Crippen LogP contribution in [0.5, 0.6) is 11.5 Å². The van der Waals surface area contributed by atoms with Crippen LogP contribution < -0.4 is 10.1 Å². The number of para-hydroxylation sites is 2. The van der Waals surface area contributed by atoms with E-state index in [1.54, 1.807) is 29.1 Å².